The molecule has 1 aliphatic heterocycles. The summed E-state index contributed by atoms with van der Waals surface area (Å²) < 4.78 is 0. The molecule has 2 heteroatoms. The highest BCUT2D eigenvalue weighted by atomic mass is 15.2. The van der Waals surface area contributed by atoms with E-state index in [1.54, 1.807) is 0 Å². The third-order valence-electron chi connectivity index (χ3n) is 4.32. The average molecular weight is 260 g/mol. The van der Waals surface area contributed by atoms with E-state index >= 15 is 0 Å². The Labute approximate surface area is 118 Å². The zero-order chi connectivity index (χ0) is 13.5. The number of piperidine rings is 1. The van der Waals surface area contributed by atoms with Gasteiger partial charge in [-0.2, -0.15) is 0 Å². The first-order valence-corrected chi connectivity index (χ1v) is 7.88. The van der Waals surface area contributed by atoms with Crippen LogP contribution in [0.4, 0.5) is 5.69 Å². The molecule has 0 saturated carbocycles. The molecule has 2 N–H and O–H groups in total. The van der Waals surface area contributed by atoms with Crippen molar-refractivity contribution in [1.82, 2.24) is 4.90 Å². The van der Waals surface area contributed by atoms with Gasteiger partial charge in [0.2, 0.25) is 0 Å². The van der Waals surface area contributed by atoms with Crippen molar-refractivity contribution in [3.8, 4) is 0 Å². The van der Waals surface area contributed by atoms with E-state index in [4.69, 9.17) is 5.73 Å². The Morgan fingerprint density at radius 2 is 2.11 bits per heavy atom. The lowest BCUT2D eigenvalue weighted by molar-refractivity contribution is 0.138. The highest BCUT2D eigenvalue weighted by molar-refractivity contribution is 5.46. The van der Waals surface area contributed by atoms with Crippen LogP contribution in [0, 0.1) is 0 Å². The zero-order valence-corrected chi connectivity index (χ0v) is 12.3. The average Bonchev–Trinajstić information content (AvgIpc) is 2.43. The third kappa shape index (κ3) is 4.24. The van der Waals surface area contributed by atoms with E-state index in [1.807, 2.05) is 12.1 Å². The van der Waals surface area contributed by atoms with Crippen molar-refractivity contribution in [1.29, 1.82) is 0 Å². The lowest BCUT2D eigenvalue weighted by Crippen LogP contribution is -2.40. The molecule has 0 aromatic heterocycles. The maximum absolute atomic E-state index is 6.00. The second-order valence-corrected chi connectivity index (χ2v) is 5.78. The zero-order valence-electron chi connectivity index (χ0n) is 12.3. The number of benzene rings is 1. The van der Waals surface area contributed by atoms with Gasteiger partial charge in [-0.25, -0.2) is 0 Å². The predicted molar refractivity (Wildman–Crippen MR) is 83.3 cm³/mol. The lowest BCUT2D eigenvalue weighted by atomic mass is 9.97. The summed E-state index contributed by atoms with van der Waals surface area (Å²) in [5.74, 6) is 0. The molecule has 0 radical (unpaired) electrons. The van der Waals surface area contributed by atoms with Crippen molar-refractivity contribution in [2.45, 2.75) is 57.9 Å². The molecule has 2 nitrogen and oxygen atoms in total. The van der Waals surface area contributed by atoms with Gasteiger partial charge < -0.3 is 10.6 Å². The van der Waals surface area contributed by atoms with Crippen LogP contribution >= 0.6 is 0 Å². The summed E-state index contributed by atoms with van der Waals surface area (Å²) in [6.45, 7) is 4.84. The van der Waals surface area contributed by atoms with E-state index in [0.717, 1.165) is 18.2 Å². The number of nitrogens with two attached hydrogens (primary N) is 1. The third-order valence-corrected chi connectivity index (χ3v) is 4.32. The monoisotopic (exact) mass is 260 g/mol. The SMILES string of the molecule is CCCC1CCCCN1CCCc1ccccc1N. The quantitative estimate of drug-likeness (QED) is 0.787. The summed E-state index contributed by atoms with van der Waals surface area (Å²) in [7, 11) is 0. The molecule has 0 aliphatic carbocycles. The molecular weight excluding hydrogens is 232 g/mol. The minimum absolute atomic E-state index is 0.840. The summed E-state index contributed by atoms with van der Waals surface area (Å²) >= 11 is 0. The van der Waals surface area contributed by atoms with Crippen LogP contribution in [-0.2, 0) is 6.42 Å². The number of likely N-dealkylation sites (tertiary alicyclic amines) is 1. The number of hydrogen-bond donors (Lipinski definition) is 1. The lowest BCUT2D eigenvalue weighted by Gasteiger charge is -2.35. The normalized spacial score (nSPS) is 20.6. The van der Waals surface area contributed by atoms with Gasteiger partial charge in [-0.15, -0.1) is 0 Å². The molecule has 1 aromatic rings. The van der Waals surface area contributed by atoms with Crippen LogP contribution in [0.1, 0.15) is 51.0 Å². The number of anilines is 1. The summed E-state index contributed by atoms with van der Waals surface area (Å²) in [6.07, 6.45) is 9.23. The first kappa shape index (κ1) is 14.4. The van der Waals surface area contributed by atoms with E-state index < -0.39 is 0 Å². The van der Waals surface area contributed by atoms with Gasteiger partial charge in [-0.05, 0) is 56.8 Å². The molecule has 1 unspecified atom stereocenters. The second kappa shape index (κ2) is 7.54. The first-order chi connectivity index (χ1) is 9.31. The maximum atomic E-state index is 6.00. The largest absolute Gasteiger partial charge is 0.399 e. The van der Waals surface area contributed by atoms with Gasteiger partial charge in [0.1, 0.15) is 0 Å². The molecular formula is C17H28N2. The fourth-order valence-corrected chi connectivity index (χ4v) is 3.25. The molecule has 1 aliphatic rings. The summed E-state index contributed by atoms with van der Waals surface area (Å²) in [4.78, 5) is 2.71. The summed E-state index contributed by atoms with van der Waals surface area (Å²) in [5, 5.41) is 0. The van der Waals surface area contributed by atoms with Crippen LogP contribution < -0.4 is 5.73 Å². The van der Waals surface area contributed by atoms with Crippen LogP contribution in [0.5, 0.6) is 0 Å². The molecule has 0 bridgehead atoms. The predicted octanol–water partition coefficient (Wildman–Crippen LogP) is 3.86. The minimum atomic E-state index is 0.840. The number of hydrogen-bond acceptors (Lipinski definition) is 2. The maximum Gasteiger partial charge on any atom is 0.0346 e. The van der Waals surface area contributed by atoms with Crippen LogP contribution in [0.15, 0.2) is 24.3 Å². The molecule has 0 amide bonds. The highest BCUT2D eigenvalue weighted by Crippen LogP contribution is 2.21. The van der Waals surface area contributed by atoms with Crippen molar-refractivity contribution >= 4 is 5.69 Å². The molecule has 0 spiro atoms. The molecule has 19 heavy (non-hydrogen) atoms. The molecule has 2 rings (SSSR count). The fourth-order valence-electron chi connectivity index (χ4n) is 3.25. The van der Waals surface area contributed by atoms with E-state index in [0.29, 0.717) is 0 Å². The highest BCUT2D eigenvalue weighted by Gasteiger charge is 2.20. The topological polar surface area (TPSA) is 29.3 Å². The smallest absolute Gasteiger partial charge is 0.0346 e. The molecule has 1 saturated heterocycles. The van der Waals surface area contributed by atoms with Crippen molar-refractivity contribution < 1.29 is 0 Å². The number of nitrogen functional groups attached to an aromatic ring is 1. The van der Waals surface area contributed by atoms with Crippen molar-refractivity contribution in [2.24, 2.45) is 0 Å². The van der Waals surface area contributed by atoms with Gasteiger partial charge in [-0.1, -0.05) is 38.0 Å². The van der Waals surface area contributed by atoms with Gasteiger partial charge >= 0.3 is 0 Å². The Balaban J connectivity index is 1.79. The second-order valence-electron chi connectivity index (χ2n) is 5.78. The Hall–Kier alpha value is -1.02. The number of nitrogens with zero attached hydrogens (tertiary/aromatic N) is 1. The fraction of sp³-hybridized carbons (Fsp3) is 0.647. The molecule has 106 valence electrons. The van der Waals surface area contributed by atoms with Crippen LogP contribution in [0.25, 0.3) is 0 Å². The Bertz CT molecular complexity index is 373. The van der Waals surface area contributed by atoms with Crippen molar-refractivity contribution in [2.75, 3.05) is 18.8 Å². The van der Waals surface area contributed by atoms with E-state index in [-0.39, 0.29) is 0 Å². The van der Waals surface area contributed by atoms with Crippen LogP contribution in [0.3, 0.4) is 0 Å². The van der Waals surface area contributed by atoms with Gasteiger partial charge in [0.25, 0.3) is 0 Å². The van der Waals surface area contributed by atoms with Gasteiger partial charge in [0.05, 0.1) is 0 Å². The first-order valence-electron chi connectivity index (χ1n) is 7.88. The van der Waals surface area contributed by atoms with Gasteiger partial charge in [0.15, 0.2) is 0 Å². The molecule has 1 heterocycles. The Morgan fingerprint density at radius 3 is 2.89 bits per heavy atom. The summed E-state index contributed by atoms with van der Waals surface area (Å²) in [6, 6.07) is 9.12. The number of aryl methyl sites for hydroxylation is 1. The van der Waals surface area contributed by atoms with Crippen molar-refractivity contribution in [3.05, 3.63) is 29.8 Å². The molecule has 1 fully saturated rings. The minimum Gasteiger partial charge on any atom is -0.399 e. The van der Waals surface area contributed by atoms with Crippen LogP contribution in [0.2, 0.25) is 0 Å². The Kier molecular flexibility index (Phi) is 5.71. The standard InChI is InChI=1S/C17H28N2/c1-2-8-16-11-5-6-13-19(16)14-7-10-15-9-3-4-12-17(15)18/h3-4,9,12,16H,2,5-8,10-11,13-14,18H2,1H3. The van der Waals surface area contributed by atoms with Gasteiger partial charge in [-0.3, -0.25) is 0 Å². The number of para-hydroxylation sites is 1. The molecule has 1 atom stereocenters. The van der Waals surface area contributed by atoms with Crippen molar-refractivity contribution in [3.63, 3.8) is 0 Å². The van der Waals surface area contributed by atoms with Crippen LogP contribution in [-0.4, -0.2) is 24.0 Å². The number of rotatable bonds is 6. The van der Waals surface area contributed by atoms with Gasteiger partial charge in [0, 0.05) is 11.7 Å². The molecule has 1 aromatic carbocycles. The Morgan fingerprint density at radius 1 is 1.26 bits per heavy atom. The van der Waals surface area contributed by atoms with E-state index in [2.05, 4.69) is 24.0 Å². The summed E-state index contributed by atoms with van der Waals surface area (Å²) in [5.41, 5.74) is 8.26. The van der Waals surface area contributed by atoms with E-state index in [1.165, 1.54) is 57.2 Å². The van der Waals surface area contributed by atoms with E-state index in [9.17, 15) is 0 Å².